The van der Waals surface area contributed by atoms with E-state index >= 15 is 0 Å². The number of aryl methyl sites for hydroxylation is 4. The molecule has 1 N–H and O–H groups in total. The Bertz CT molecular complexity index is 1210. The average Bonchev–Trinajstić information content (AvgIpc) is 3.09. The molecule has 0 fully saturated rings. The number of aromatic nitrogens is 3. The molecule has 2 aromatic carbocycles. The third-order valence-electron chi connectivity index (χ3n) is 5.55. The van der Waals surface area contributed by atoms with Crippen LogP contribution in [0.2, 0.25) is 0 Å². The zero-order valence-electron chi connectivity index (χ0n) is 18.5. The van der Waals surface area contributed by atoms with Gasteiger partial charge in [-0.1, -0.05) is 48.0 Å². The second kappa shape index (κ2) is 8.72. The molecule has 0 radical (unpaired) electrons. The summed E-state index contributed by atoms with van der Waals surface area (Å²) in [4.78, 5) is 17.9. The van der Waals surface area contributed by atoms with Crippen LogP contribution >= 0.6 is 0 Å². The van der Waals surface area contributed by atoms with Crippen molar-refractivity contribution in [1.29, 1.82) is 0 Å². The predicted molar refractivity (Wildman–Crippen MR) is 125 cm³/mol. The van der Waals surface area contributed by atoms with Crippen LogP contribution in [0.3, 0.4) is 0 Å². The molecule has 0 aliphatic carbocycles. The number of nitrogens with one attached hydrogen (secondary N) is 1. The van der Waals surface area contributed by atoms with E-state index in [1.807, 2.05) is 54.9 Å². The first-order chi connectivity index (χ1) is 14.9. The van der Waals surface area contributed by atoms with Gasteiger partial charge in [0.25, 0.3) is 5.91 Å². The molecule has 0 saturated carbocycles. The quantitative estimate of drug-likeness (QED) is 0.479. The standard InChI is InChI=1S/C26H28N4O/c1-17-10-14-22(15-11-17)30-25-24(20(4)29-30)23(16-19(3)27-25)26(31)28-18(2)12-13-21-8-6-5-7-9-21/h5-11,14-16,18H,12-13H2,1-4H3,(H,28,31). The molecular formula is C26H28N4O. The van der Waals surface area contributed by atoms with Crippen molar-refractivity contribution < 1.29 is 4.79 Å². The van der Waals surface area contributed by atoms with Crippen LogP contribution in [-0.2, 0) is 6.42 Å². The lowest BCUT2D eigenvalue weighted by Crippen LogP contribution is -2.33. The molecule has 1 unspecified atom stereocenters. The minimum absolute atomic E-state index is 0.0590. The van der Waals surface area contributed by atoms with Gasteiger partial charge in [0, 0.05) is 11.7 Å². The second-order valence-electron chi connectivity index (χ2n) is 8.24. The molecule has 0 bridgehead atoms. The second-order valence-corrected chi connectivity index (χ2v) is 8.24. The summed E-state index contributed by atoms with van der Waals surface area (Å²) >= 11 is 0. The first kappa shape index (κ1) is 20.8. The zero-order chi connectivity index (χ0) is 22.0. The first-order valence-corrected chi connectivity index (χ1v) is 10.7. The summed E-state index contributed by atoms with van der Waals surface area (Å²) in [5, 5.41) is 8.67. The number of rotatable bonds is 6. The van der Waals surface area contributed by atoms with Gasteiger partial charge >= 0.3 is 0 Å². The predicted octanol–water partition coefficient (Wildman–Crippen LogP) is 5.10. The first-order valence-electron chi connectivity index (χ1n) is 10.7. The number of nitrogens with zero attached hydrogens (tertiary/aromatic N) is 3. The Hall–Kier alpha value is -3.47. The van der Waals surface area contributed by atoms with E-state index in [2.05, 4.69) is 43.4 Å². The number of amides is 1. The molecule has 4 rings (SSSR count). The molecule has 1 amide bonds. The molecule has 5 nitrogen and oxygen atoms in total. The molecule has 0 spiro atoms. The highest BCUT2D eigenvalue weighted by Crippen LogP contribution is 2.25. The van der Waals surface area contributed by atoms with Crippen molar-refractivity contribution in [2.24, 2.45) is 0 Å². The lowest BCUT2D eigenvalue weighted by molar-refractivity contribution is 0.0940. The normalized spacial score (nSPS) is 12.1. The molecule has 31 heavy (non-hydrogen) atoms. The van der Waals surface area contributed by atoms with Crippen LogP contribution in [0.4, 0.5) is 0 Å². The highest BCUT2D eigenvalue weighted by molar-refractivity contribution is 6.06. The summed E-state index contributed by atoms with van der Waals surface area (Å²) < 4.78 is 1.83. The van der Waals surface area contributed by atoms with Crippen molar-refractivity contribution in [3.05, 3.63) is 88.7 Å². The van der Waals surface area contributed by atoms with Gasteiger partial charge in [-0.05, 0) is 64.3 Å². The lowest BCUT2D eigenvalue weighted by Gasteiger charge is -2.15. The Kier molecular flexibility index (Phi) is 5.85. The van der Waals surface area contributed by atoms with Gasteiger partial charge in [0.2, 0.25) is 0 Å². The SMILES string of the molecule is Cc1ccc(-n2nc(C)c3c(C(=O)NC(C)CCc4ccccc4)cc(C)nc32)cc1. The van der Waals surface area contributed by atoms with Crippen LogP contribution in [0.25, 0.3) is 16.7 Å². The molecule has 0 aliphatic rings. The van der Waals surface area contributed by atoms with Gasteiger partial charge in [0.05, 0.1) is 22.3 Å². The van der Waals surface area contributed by atoms with E-state index < -0.39 is 0 Å². The highest BCUT2D eigenvalue weighted by atomic mass is 16.1. The number of carbonyl (C=O) groups is 1. The Morgan fingerprint density at radius 3 is 2.45 bits per heavy atom. The van der Waals surface area contributed by atoms with Crippen molar-refractivity contribution in [2.45, 2.75) is 46.6 Å². The van der Waals surface area contributed by atoms with Crippen LogP contribution in [0.5, 0.6) is 0 Å². The van der Waals surface area contributed by atoms with Gasteiger partial charge in [0.1, 0.15) is 0 Å². The van der Waals surface area contributed by atoms with Crippen molar-refractivity contribution in [2.75, 3.05) is 0 Å². The third kappa shape index (κ3) is 4.50. The Morgan fingerprint density at radius 2 is 1.74 bits per heavy atom. The number of pyridine rings is 1. The van der Waals surface area contributed by atoms with Gasteiger partial charge in [-0.2, -0.15) is 5.10 Å². The van der Waals surface area contributed by atoms with Gasteiger partial charge < -0.3 is 5.32 Å². The smallest absolute Gasteiger partial charge is 0.252 e. The van der Waals surface area contributed by atoms with Gasteiger partial charge in [0.15, 0.2) is 5.65 Å². The summed E-state index contributed by atoms with van der Waals surface area (Å²) in [7, 11) is 0. The topological polar surface area (TPSA) is 59.8 Å². The minimum atomic E-state index is -0.0809. The molecule has 2 heterocycles. The number of hydrogen-bond acceptors (Lipinski definition) is 3. The number of carbonyl (C=O) groups excluding carboxylic acids is 1. The lowest BCUT2D eigenvalue weighted by atomic mass is 10.0. The summed E-state index contributed by atoms with van der Waals surface area (Å²) in [6.07, 6.45) is 1.81. The van der Waals surface area contributed by atoms with Crippen LogP contribution in [0.1, 0.15) is 46.2 Å². The van der Waals surface area contributed by atoms with Crippen molar-refractivity contribution in [1.82, 2.24) is 20.1 Å². The van der Waals surface area contributed by atoms with Crippen LogP contribution in [-0.4, -0.2) is 26.7 Å². The number of hydrogen-bond donors (Lipinski definition) is 1. The third-order valence-corrected chi connectivity index (χ3v) is 5.55. The Labute approximate surface area is 183 Å². The Balaban J connectivity index is 1.61. The molecule has 5 heteroatoms. The maximum atomic E-state index is 13.2. The minimum Gasteiger partial charge on any atom is -0.350 e. The number of benzene rings is 2. The maximum absolute atomic E-state index is 13.2. The van der Waals surface area contributed by atoms with Crippen molar-refractivity contribution >= 4 is 16.9 Å². The van der Waals surface area contributed by atoms with E-state index in [1.165, 1.54) is 11.1 Å². The van der Waals surface area contributed by atoms with Crippen molar-refractivity contribution in [3.8, 4) is 5.69 Å². The van der Waals surface area contributed by atoms with Crippen LogP contribution in [0, 0.1) is 20.8 Å². The van der Waals surface area contributed by atoms with Crippen LogP contribution in [0.15, 0.2) is 60.7 Å². The van der Waals surface area contributed by atoms with Gasteiger partial charge in [-0.25, -0.2) is 9.67 Å². The summed E-state index contributed by atoms with van der Waals surface area (Å²) in [6.45, 7) is 7.95. The van der Waals surface area contributed by atoms with E-state index in [-0.39, 0.29) is 11.9 Å². The molecular weight excluding hydrogens is 384 g/mol. The van der Waals surface area contributed by atoms with Gasteiger partial charge in [-0.15, -0.1) is 0 Å². The maximum Gasteiger partial charge on any atom is 0.252 e. The van der Waals surface area contributed by atoms with E-state index in [1.54, 1.807) is 0 Å². The average molecular weight is 413 g/mol. The van der Waals surface area contributed by atoms with Crippen molar-refractivity contribution in [3.63, 3.8) is 0 Å². The Morgan fingerprint density at radius 1 is 1.03 bits per heavy atom. The van der Waals surface area contributed by atoms with Crippen LogP contribution < -0.4 is 5.32 Å². The summed E-state index contributed by atoms with van der Waals surface area (Å²) in [5.41, 5.74) is 6.33. The van der Waals surface area contributed by atoms with E-state index in [9.17, 15) is 4.79 Å². The fourth-order valence-electron chi connectivity index (χ4n) is 3.86. The fourth-order valence-corrected chi connectivity index (χ4v) is 3.86. The highest BCUT2D eigenvalue weighted by Gasteiger charge is 2.20. The largest absolute Gasteiger partial charge is 0.350 e. The van der Waals surface area contributed by atoms with E-state index in [0.717, 1.165) is 35.3 Å². The molecule has 0 saturated heterocycles. The fraction of sp³-hybridized carbons (Fsp3) is 0.269. The summed E-state index contributed by atoms with van der Waals surface area (Å²) in [6, 6.07) is 20.4. The molecule has 2 aromatic heterocycles. The molecule has 4 aromatic rings. The van der Waals surface area contributed by atoms with E-state index in [0.29, 0.717) is 11.2 Å². The van der Waals surface area contributed by atoms with Gasteiger partial charge in [-0.3, -0.25) is 4.79 Å². The molecule has 158 valence electrons. The van der Waals surface area contributed by atoms with E-state index in [4.69, 9.17) is 10.1 Å². The monoisotopic (exact) mass is 412 g/mol. The molecule has 1 atom stereocenters. The molecule has 0 aliphatic heterocycles. The number of fused-ring (bicyclic) bond motifs is 1. The zero-order valence-corrected chi connectivity index (χ0v) is 18.5. The summed E-state index contributed by atoms with van der Waals surface area (Å²) in [5.74, 6) is -0.0809.